The number of hydrogen-bond acceptors (Lipinski definition) is 7. The summed E-state index contributed by atoms with van der Waals surface area (Å²) in [5.74, 6) is 0.614. The van der Waals surface area contributed by atoms with E-state index in [1.54, 1.807) is 0 Å². The van der Waals surface area contributed by atoms with Crippen molar-refractivity contribution in [2.24, 2.45) is 9.98 Å². The standard InChI is InChI=1S/C30H27N5S2/c1-3-4-5-6-7-22-8-13-29(31-18-22)25-11-9-23(34-19-36)14-27(25)28-15-24(35-20-37)10-12-26(28)30-32-16-21(2)17-33-30/h8-18H,3-7H2,1-2H3. The molecule has 0 spiro atoms. The van der Waals surface area contributed by atoms with Gasteiger partial charge in [0.25, 0.3) is 0 Å². The summed E-state index contributed by atoms with van der Waals surface area (Å²) in [6.07, 6.45) is 11.6. The number of aryl methyl sites for hydroxylation is 2. The number of aromatic nitrogens is 3. The van der Waals surface area contributed by atoms with Crippen LogP contribution in [0.25, 0.3) is 33.8 Å². The van der Waals surface area contributed by atoms with Crippen molar-refractivity contribution in [2.75, 3.05) is 0 Å². The summed E-state index contributed by atoms with van der Waals surface area (Å²) < 4.78 is 0. The molecule has 37 heavy (non-hydrogen) atoms. The lowest BCUT2D eigenvalue weighted by Crippen LogP contribution is -1.95. The third-order valence-electron chi connectivity index (χ3n) is 6.09. The van der Waals surface area contributed by atoms with Gasteiger partial charge in [0.05, 0.1) is 27.4 Å². The van der Waals surface area contributed by atoms with Crippen molar-refractivity contribution in [3.63, 3.8) is 0 Å². The highest BCUT2D eigenvalue weighted by atomic mass is 32.1. The summed E-state index contributed by atoms with van der Waals surface area (Å²) >= 11 is 9.73. The number of unbranched alkanes of at least 4 members (excludes halogenated alkanes) is 3. The summed E-state index contributed by atoms with van der Waals surface area (Å²) in [4.78, 5) is 22.4. The van der Waals surface area contributed by atoms with E-state index >= 15 is 0 Å². The monoisotopic (exact) mass is 521 g/mol. The Morgan fingerprint density at radius 3 is 1.95 bits per heavy atom. The molecule has 0 saturated heterocycles. The van der Waals surface area contributed by atoms with Gasteiger partial charge in [0.15, 0.2) is 5.82 Å². The summed E-state index contributed by atoms with van der Waals surface area (Å²) in [6, 6.07) is 16.0. The highest BCUT2D eigenvalue weighted by Crippen LogP contribution is 2.40. The van der Waals surface area contributed by atoms with E-state index in [4.69, 9.17) is 29.4 Å². The van der Waals surface area contributed by atoms with Gasteiger partial charge in [0.1, 0.15) is 0 Å². The highest BCUT2D eigenvalue weighted by molar-refractivity contribution is 7.78. The minimum atomic E-state index is 0.614. The number of aliphatic imine (C=N–C) groups is 2. The van der Waals surface area contributed by atoms with Gasteiger partial charge in [-0.2, -0.15) is 9.98 Å². The fraction of sp³-hybridized carbons (Fsp3) is 0.233. The molecule has 2 aromatic heterocycles. The maximum absolute atomic E-state index is 4.87. The summed E-state index contributed by atoms with van der Waals surface area (Å²) in [5.41, 5.74) is 8.10. The van der Waals surface area contributed by atoms with Gasteiger partial charge in [-0.1, -0.05) is 38.3 Å². The van der Waals surface area contributed by atoms with E-state index in [9.17, 15) is 0 Å². The average molecular weight is 522 g/mol. The van der Waals surface area contributed by atoms with Crippen molar-refractivity contribution >= 4 is 46.1 Å². The molecule has 0 N–H and O–H groups in total. The first kappa shape index (κ1) is 26.3. The van der Waals surface area contributed by atoms with Crippen LogP contribution in [0.3, 0.4) is 0 Å². The molecule has 0 amide bonds. The lowest BCUT2D eigenvalue weighted by Gasteiger charge is -2.15. The lowest BCUT2D eigenvalue weighted by atomic mass is 9.92. The van der Waals surface area contributed by atoms with Gasteiger partial charge in [-0.15, -0.1) is 0 Å². The van der Waals surface area contributed by atoms with Crippen molar-refractivity contribution in [3.8, 4) is 33.8 Å². The third-order valence-corrected chi connectivity index (χ3v) is 6.27. The van der Waals surface area contributed by atoms with Crippen LogP contribution in [0.1, 0.15) is 43.7 Å². The van der Waals surface area contributed by atoms with Crippen molar-refractivity contribution in [3.05, 3.63) is 78.2 Å². The average Bonchev–Trinajstić information content (AvgIpc) is 2.92. The first-order chi connectivity index (χ1) is 18.1. The van der Waals surface area contributed by atoms with Gasteiger partial charge in [-0.25, -0.2) is 9.97 Å². The topological polar surface area (TPSA) is 63.4 Å². The molecular formula is C30H27N5S2. The maximum Gasteiger partial charge on any atom is 0.159 e. The molecule has 2 heterocycles. The van der Waals surface area contributed by atoms with Crippen LogP contribution in [0.15, 0.2) is 77.1 Å². The van der Waals surface area contributed by atoms with E-state index in [0.29, 0.717) is 17.2 Å². The van der Waals surface area contributed by atoms with E-state index in [2.05, 4.69) is 49.3 Å². The minimum absolute atomic E-state index is 0.614. The SMILES string of the molecule is CCCCCCc1ccc(-c2ccc(N=C=S)cc2-c2cc(N=C=S)ccc2-c2ncc(C)cn2)nc1. The van der Waals surface area contributed by atoms with Crippen LogP contribution >= 0.6 is 24.4 Å². The Bertz CT molecular complexity index is 1470. The number of isothiocyanates is 2. The molecule has 0 aliphatic heterocycles. The molecule has 0 atom stereocenters. The predicted molar refractivity (Wildman–Crippen MR) is 158 cm³/mol. The second kappa shape index (κ2) is 13.0. The van der Waals surface area contributed by atoms with Gasteiger partial charge in [-0.3, -0.25) is 4.98 Å². The molecule has 0 aliphatic rings. The summed E-state index contributed by atoms with van der Waals surface area (Å²) in [5, 5.41) is 4.93. The Hall–Kier alpha value is -3.73. The molecule has 0 bridgehead atoms. The van der Waals surface area contributed by atoms with Gasteiger partial charge in [0.2, 0.25) is 0 Å². The molecule has 0 unspecified atom stereocenters. The number of hydrogen-bond donors (Lipinski definition) is 0. The van der Waals surface area contributed by atoms with Crippen LogP contribution in [0.2, 0.25) is 0 Å². The molecule has 2 aromatic carbocycles. The first-order valence-corrected chi connectivity index (χ1v) is 13.1. The summed E-state index contributed by atoms with van der Waals surface area (Å²) in [7, 11) is 0. The number of nitrogens with zero attached hydrogens (tertiary/aromatic N) is 5. The number of benzene rings is 2. The van der Waals surface area contributed by atoms with Gasteiger partial charge in [-0.05, 0) is 103 Å². The van der Waals surface area contributed by atoms with Gasteiger partial charge >= 0.3 is 0 Å². The van der Waals surface area contributed by atoms with Gasteiger partial charge in [0, 0.05) is 29.7 Å². The largest absolute Gasteiger partial charge is 0.256 e. The van der Waals surface area contributed by atoms with Crippen molar-refractivity contribution in [1.82, 2.24) is 15.0 Å². The fourth-order valence-electron chi connectivity index (χ4n) is 4.19. The van der Waals surface area contributed by atoms with Crippen LogP contribution in [0.5, 0.6) is 0 Å². The highest BCUT2D eigenvalue weighted by Gasteiger charge is 2.17. The first-order valence-electron chi connectivity index (χ1n) is 12.3. The Morgan fingerprint density at radius 1 is 0.703 bits per heavy atom. The second-order valence-electron chi connectivity index (χ2n) is 8.81. The third kappa shape index (κ3) is 6.73. The molecule has 5 nitrogen and oxygen atoms in total. The van der Waals surface area contributed by atoms with E-state index in [1.807, 2.05) is 61.9 Å². The normalized spacial score (nSPS) is 10.4. The molecule has 0 aliphatic carbocycles. The van der Waals surface area contributed by atoms with E-state index in [1.165, 1.54) is 31.2 Å². The minimum Gasteiger partial charge on any atom is -0.256 e. The fourth-order valence-corrected chi connectivity index (χ4v) is 4.40. The van der Waals surface area contributed by atoms with Crippen LogP contribution in [-0.4, -0.2) is 25.3 Å². The smallest absolute Gasteiger partial charge is 0.159 e. The Balaban J connectivity index is 1.85. The Morgan fingerprint density at radius 2 is 1.35 bits per heavy atom. The van der Waals surface area contributed by atoms with Crippen LogP contribution < -0.4 is 0 Å². The molecule has 0 saturated carbocycles. The Labute approximate surface area is 228 Å². The Kier molecular flexibility index (Phi) is 9.25. The van der Waals surface area contributed by atoms with Crippen LogP contribution in [-0.2, 0) is 6.42 Å². The number of pyridine rings is 1. The van der Waals surface area contributed by atoms with Crippen molar-refractivity contribution in [1.29, 1.82) is 0 Å². The van der Waals surface area contributed by atoms with Crippen LogP contribution in [0.4, 0.5) is 11.4 Å². The molecule has 0 fully saturated rings. The van der Waals surface area contributed by atoms with Crippen molar-refractivity contribution in [2.45, 2.75) is 46.0 Å². The van der Waals surface area contributed by atoms with Crippen molar-refractivity contribution < 1.29 is 0 Å². The zero-order valence-corrected chi connectivity index (χ0v) is 22.6. The quantitative estimate of drug-likeness (QED) is 0.119. The van der Waals surface area contributed by atoms with Crippen LogP contribution in [0, 0.1) is 6.92 Å². The second-order valence-corrected chi connectivity index (χ2v) is 9.18. The molecule has 7 heteroatoms. The zero-order valence-electron chi connectivity index (χ0n) is 20.9. The molecular weight excluding hydrogens is 494 g/mol. The van der Waals surface area contributed by atoms with E-state index in [0.717, 1.165) is 39.9 Å². The van der Waals surface area contributed by atoms with Gasteiger partial charge < -0.3 is 0 Å². The lowest BCUT2D eigenvalue weighted by molar-refractivity contribution is 0.666. The number of thiocarbonyl (C=S) groups is 2. The van der Waals surface area contributed by atoms with E-state index < -0.39 is 0 Å². The predicted octanol–water partition coefficient (Wildman–Crippen LogP) is 8.77. The summed E-state index contributed by atoms with van der Waals surface area (Å²) in [6.45, 7) is 4.19. The molecule has 4 aromatic rings. The maximum atomic E-state index is 4.87. The number of rotatable bonds is 10. The van der Waals surface area contributed by atoms with E-state index in [-0.39, 0.29) is 0 Å². The zero-order chi connectivity index (χ0) is 26.0. The molecule has 4 rings (SSSR count). The molecule has 184 valence electrons. The molecule has 0 radical (unpaired) electrons.